The number of nitrogens with one attached hydrogen (secondary N) is 3. The minimum atomic E-state index is -0.560. The van der Waals surface area contributed by atoms with E-state index >= 15 is 0 Å². The van der Waals surface area contributed by atoms with E-state index in [0.29, 0.717) is 49.4 Å². The maximum atomic E-state index is 14.8. The van der Waals surface area contributed by atoms with Crippen molar-refractivity contribution in [2.45, 2.75) is 57.9 Å². The molecule has 0 bridgehead atoms. The highest BCUT2D eigenvalue weighted by Gasteiger charge is 2.34. The van der Waals surface area contributed by atoms with Crippen LogP contribution in [-0.4, -0.2) is 51.0 Å². The first-order valence-electron chi connectivity index (χ1n) is 13.0. The van der Waals surface area contributed by atoms with Gasteiger partial charge in [-0.2, -0.15) is 5.10 Å². The predicted molar refractivity (Wildman–Crippen MR) is 135 cm³/mol. The summed E-state index contributed by atoms with van der Waals surface area (Å²) < 4.78 is 20.0. The summed E-state index contributed by atoms with van der Waals surface area (Å²) in [4.78, 5) is 43.1. The average Bonchev–Trinajstić information content (AvgIpc) is 3.57. The molecular weight excluding hydrogens is 477 g/mol. The zero-order valence-electron chi connectivity index (χ0n) is 20.9. The Labute approximate surface area is 214 Å². The third-order valence-corrected chi connectivity index (χ3v) is 7.51. The van der Waals surface area contributed by atoms with E-state index in [1.54, 1.807) is 30.2 Å². The largest absolute Gasteiger partial charge is 0.466 e. The van der Waals surface area contributed by atoms with Crippen LogP contribution in [0, 0.1) is 17.7 Å². The minimum Gasteiger partial charge on any atom is -0.466 e. The van der Waals surface area contributed by atoms with Gasteiger partial charge in [-0.3, -0.25) is 19.5 Å². The van der Waals surface area contributed by atoms with E-state index in [0.717, 1.165) is 31.1 Å². The van der Waals surface area contributed by atoms with Gasteiger partial charge in [0.25, 0.3) is 5.91 Å². The number of halogens is 1. The van der Waals surface area contributed by atoms with Gasteiger partial charge in [0.1, 0.15) is 5.82 Å². The molecule has 2 aromatic heterocycles. The Morgan fingerprint density at radius 2 is 1.97 bits per heavy atom. The summed E-state index contributed by atoms with van der Waals surface area (Å²) >= 11 is 0. The first-order chi connectivity index (χ1) is 17.9. The number of ether oxygens (including phenoxy) is 1. The number of likely N-dealkylation sites (tertiary alicyclic amines) is 1. The van der Waals surface area contributed by atoms with Gasteiger partial charge in [0.15, 0.2) is 5.82 Å². The van der Waals surface area contributed by atoms with Crippen molar-refractivity contribution in [3.63, 3.8) is 0 Å². The quantitative estimate of drug-likeness (QED) is 0.416. The van der Waals surface area contributed by atoms with E-state index in [4.69, 9.17) is 4.74 Å². The minimum absolute atomic E-state index is 0.0421. The van der Waals surface area contributed by atoms with Crippen molar-refractivity contribution in [1.82, 2.24) is 20.1 Å². The Bertz CT molecular complexity index is 1300. The molecule has 2 amide bonds. The normalized spacial score (nSPS) is 22.1. The third kappa shape index (κ3) is 5.23. The number of rotatable bonds is 6. The summed E-state index contributed by atoms with van der Waals surface area (Å²) in [5.74, 6) is -1.51. The Morgan fingerprint density at radius 1 is 1.14 bits per heavy atom. The second kappa shape index (κ2) is 10.7. The highest BCUT2D eigenvalue weighted by Crippen LogP contribution is 2.34. The van der Waals surface area contributed by atoms with E-state index < -0.39 is 5.82 Å². The molecule has 3 heterocycles. The third-order valence-electron chi connectivity index (χ3n) is 7.51. The van der Waals surface area contributed by atoms with Crippen molar-refractivity contribution >= 4 is 34.5 Å². The van der Waals surface area contributed by atoms with Gasteiger partial charge in [0.05, 0.1) is 29.8 Å². The van der Waals surface area contributed by atoms with Crippen molar-refractivity contribution in [2.24, 2.45) is 11.8 Å². The molecule has 1 unspecified atom stereocenters. The first kappa shape index (κ1) is 25.0. The zero-order chi connectivity index (χ0) is 25.9. The number of fused-ring (bicyclic) bond motifs is 1. The van der Waals surface area contributed by atoms with E-state index in [1.807, 2.05) is 6.07 Å². The first-order valence-corrected chi connectivity index (χ1v) is 13.0. The fourth-order valence-corrected chi connectivity index (χ4v) is 5.59. The lowest BCUT2D eigenvalue weighted by Crippen LogP contribution is -2.39. The lowest BCUT2D eigenvalue weighted by Gasteiger charge is -2.35. The molecule has 0 radical (unpaired) electrons. The van der Waals surface area contributed by atoms with Gasteiger partial charge in [0.2, 0.25) is 5.91 Å². The molecule has 2 fully saturated rings. The lowest BCUT2D eigenvalue weighted by atomic mass is 9.81. The fourth-order valence-electron chi connectivity index (χ4n) is 5.59. The van der Waals surface area contributed by atoms with Crippen molar-refractivity contribution in [3.8, 4) is 0 Å². The molecule has 0 spiro atoms. The summed E-state index contributed by atoms with van der Waals surface area (Å²) in [6.07, 6.45) is 6.87. The number of aromatic amines is 2. The topological polar surface area (TPSA) is 120 Å². The number of H-pyrrole nitrogens is 2. The Balaban J connectivity index is 1.28. The summed E-state index contributed by atoms with van der Waals surface area (Å²) in [5, 5.41) is 10.9. The van der Waals surface area contributed by atoms with Crippen LogP contribution in [0.25, 0.3) is 10.9 Å². The second-order valence-electron chi connectivity index (χ2n) is 9.92. The second-order valence-corrected chi connectivity index (χ2v) is 9.92. The van der Waals surface area contributed by atoms with Crippen molar-refractivity contribution in [1.29, 1.82) is 0 Å². The number of aromatic nitrogens is 3. The summed E-state index contributed by atoms with van der Waals surface area (Å²) in [7, 11) is 0. The molecule has 9 nitrogen and oxygen atoms in total. The van der Waals surface area contributed by atoms with Gasteiger partial charge < -0.3 is 19.9 Å². The number of benzene rings is 1. The van der Waals surface area contributed by atoms with Gasteiger partial charge in [-0.1, -0.05) is 6.42 Å². The van der Waals surface area contributed by atoms with Crippen LogP contribution >= 0.6 is 0 Å². The van der Waals surface area contributed by atoms with E-state index in [2.05, 4.69) is 20.5 Å². The van der Waals surface area contributed by atoms with Crippen molar-refractivity contribution in [3.05, 3.63) is 47.5 Å². The van der Waals surface area contributed by atoms with Gasteiger partial charge in [-0.25, -0.2) is 4.39 Å². The van der Waals surface area contributed by atoms with Crippen LogP contribution in [0.2, 0.25) is 0 Å². The molecule has 1 saturated heterocycles. The standard InChI is InChI=1S/C27H32FN5O4/c1-2-37-27(36)18-7-5-6-17(12-18)25(34)30-24-15-22(31-32-24)23-8-3-4-11-33(23)26(35)19-13-16-9-10-29-21(16)14-20(19)28/h9-10,13-15,17-18,23,29H,2-8,11-12H2,1H3,(H2,30,31,32,34)/t17-,18-,23?/m0/s1. The molecule has 1 aliphatic heterocycles. The molecule has 3 aromatic rings. The molecule has 3 N–H and O–H groups in total. The molecule has 10 heteroatoms. The maximum Gasteiger partial charge on any atom is 0.308 e. The lowest BCUT2D eigenvalue weighted by molar-refractivity contribution is -0.150. The molecule has 37 heavy (non-hydrogen) atoms. The van der Waals surface area contributed by atoms with Crippen LogP contribution in [-0.2, 0) is 14.3 Å². The number of amides is 2. The molecule has 1 aliphatic carbocycles. The molecular formula is C27H32FN5O4. The number of hydrogen-bond acceptors (Lipinski definition) is 5. The monoisotopic (exact) mass is 509 g/mol. The predicted octanol–water partition coefficient (Wildman–Crippen LogP) is 4.71. The smallest absolute Gasteiger partial charge is 0.308 e. The summed E-state index contributed by atoms with van der Waals surface area (Å²) in [5.41, 5.74) is 1.38. The highest BCUT2D eigenvalue weighted by atomic mass is 19.1. The Morgan fingerprint density at radius 3 is 2.81 bits per heavy atom. The number of piperidine rings is 1. The van der Waals surface area contributed by atoms with E-state index in [1.165, 1.54) is 6.07 Å². The van der Waals surface area contributed by atoms with Crippen LogP contribution in [0.4, 0.5) is 10.2 Å². The molecule has 3 atom stereocenters. The Kier molecular flexibility index (Phi) is 7.25. The SMILES string of the molecule is CCOC(=O)[C@H]1CCC[C@H](C(=O)Nc2cc(C3CCCCN3C(=O)c3cc4cc[nH]c4cc3F)[nH]n2)C1. The fraction of sp³-hybridized carbons (Fsp3) is 0.481. The maximum absolute atomic E-state index is 14.8. The zero-order valence-corrected chi connectivity index (χ0v) is 20.9. The number of esters is 1. The molecule has 196 valence electrons. The van der Waals surface area contributed by atoms with Gasteiger partial charge in [-0.05, 0) is 63.6 Å². The molecule has 1 saturated carbocycles. The average molecular weight is 510 g/mol. The molecule has 1 aromatic carbocycles. The van der Waals surface area contributed by atoms with Crippen LogP contribution in [0.1, 0.15) is 74.0 Å². The van der Waals surface area contributed by atoms with Gasteiger partial charge in [-0.15, -0.1) is 0 Å². The number of anilines is 1. The molecule has 5 rings (SSSR count). The summed E-state index contributed by atoms with van der Waals surface area (Å²) in [6, 6.07) is 6.18. The van der Waals surface area contributed by atoms with Crippen LogP contribution < -0.4 is 5.32 Å². The van der Waals surface area contributed by atoms with Crippen LogP contribution in [0.15, 0.2) is 30.5 Å². The number of nitrogens with zero attached hydrogens (tertiary/aromatic N) is 2. The van der Waals surface area contributed by atoms with Crippen LogP contribution in [0.3, 0.4) is 0 Å². The number of hydrogen-bond donors (Lipinski definition) is 3. The Hall–Kier alpha value is -3.69. The van der Waals surface area contributed by atoms with E-state index in [9.17, 15) is 18.8 Å². The number of carbonyl (C=O) groups excluding carboxylic acids is 3. The van der Waals surface area contributed by atoms with Gasteiger partial charge in [0, 0.05) is 35.6 Å². The van der Waals surface area contributed by atoms with Crippen molar-refractivity contribution < 1.29 is 23.5 Å². The van der Waals surface area contributed by atoms with Crippen molar-refractivity contribution in [2.75, 3.05) is 18.5 Å². The summed E-state index contributed by atoms with van der Waals surface area (Å²) in [6.45, 7) is 2.61. The van der Waals surface area contributed by atoms with Crippen LogP contribution in [0.5, 0.6) is 0 Å². The number of carbonyl (C=O) groups is 3. The van der Waals surface area contributed by atoms with E-state index in [-0.39, 0.29) is 41.2 Å². The van der Waals surface area contributed by atoms with Gasteiger partial charge >= 0.3 is 5.97 Å². The highest BCUT2D eigenvalue weighted by molar-refractivity contribution is 5.98. The molecule has 2 aliphatic rings.